The lowest BCUT2D eigenvalue weighted by atomic mass is 9.97. The Morgan fingerprint density at radius 2 is 1.59 bits per heavy atom. The Morgan fingerprint density at radius 1 is 0.862 bits per heavy atom. The Morgan fingerprint density at radius 3 is 2.28 bits per heavy atom. The first-order valence-corrected chi connectivity index (χ1v) is 10.6. The maximum atomic E-state index is 11.6. The monoisotopic (exact) mass is 404 g/mol. The largest absolute Gasteiger partial charge is 0.282 e. The van der Waals surface area contributed by atoms with Crippen LogP contribution in [0.15, 0.2) is 71.8 Å². The summed E-state index contributed by atoms with van der Waals surface area (Å²) in [5, 5.41) is 12.8. The number of aromatic nitrogens is 3. The van der Waals surface area contributed by atoms with E-state index in [0.29, 0.717) is 0 Å². The molecule has 0 bridgehead atoms. The van der Waals surface area contributed by atoms with Crippen LogP contribution in [0.25, 0.3) is 33.5 Å². The molecule has 0 aliphatic heterocycles. The van der Waals surface area contributed by atoms with Gasteiger partial charge in [0.2, 0.25) is 10.0 Å². The summed E-state index contributed by atoms with van der Waals surface area (Å²) in [5.74, 6) is 0. The molecule has 7 heteroatoms. The van der Waals surface area contributed by atoms with Crippen LogP contribution in [-0.4, -0.2) is 23.6 Å². The van der Waals surface area contributed by atoms with Crippen molar-refractivity contribution in [3.63, 3.8) is 0 Å². The number of pyridine rings is 1. The lowest BCUT2D eigenvalue weighted by Gasteiger charge is -2.08. The van der Waals surface area contributed by atoms with Crippen molar-refractivity contribution in [2.75, 3.05) is 0 Å². The van der Waals surface area contributed by atoms with Crippen LogP contribution in [0.4, 0.5) is 0 Å². The van der Waals surface area contributed by atoms with Crippen molar-refractivity contribution in [2.24, 2.45) is 5.14 Å². The second-order valence-corrected chi connectivity index (χ2v) is 8.47. The second-order valence-electron chi connectivity index (χ2n) is 6.91. The average molecular weight is 404 g/mol. The van der Waals surface area contributed by atoms with Gasteiger partial charge in [0.1, 0.15) is 5.69 Å². The van der Waals surface area contributed by atoms with Crippen molar-refractivity contribution in [3.8, 4) is 33.5 Å². The minimum Gasteiger partial charge on any atom is -0.282 e. The summed E-state index contributed by atoms with van der Waals surface area (Å²) in [6.07, 6.45) is 1.78. The normalized spacial score (nSPS) is 11.6. The van der Waals surface area contributed by atoms with Gasteiger partial charge in [0.05, 0.1) is 4.90 Å². The van der Waals surface area contributed by atoms with Gasteiger partial charge in [0.25, 0.3) is 0 Å². The Kier molecular flexibility index (Phi) is 4.77. The molecule has 0 aliphatic carbocycles. The smallest absolute Gasteiger partial charge is 0.238 e. The number of benzene rings is 2. The minimum atomic E-state index is -3.74. The summed E-state index contributed by atoms with van der Waals surface area (Å²) in [6.45, 7) is 3.94. The standard InChI is InChI=1S/C22H20N4O2S/c1-14-12-19(10-11-24-14)22-21(15(2)25-26-22)17-8-6-16(7-9-17)18-4-3-5-20(13-18)29(23,27)28/h3-13H,1-2H3,(H,25,26)(H2,23,27,28). The molecule has 2 heterocycles. The minimum absolute atomic E-state index is 0.0973. The first kappa shape index (κ1) is 19.0. The third-order valence-electron chi connectivity index (χ3n) is 4.79. The van der Waals surface area contributed by atoms with Crippen LogP contribution in [0.1, 0.15) is 11.4 Å². The van der Waals surface area contributed by atoms with Crippen LogP contribution < -0.4 is 5.14 Å². The molecule has 3 N–H and O–H groups in total. The Bertz CT molecular complexity index is 1290. The molecule has 0 saturated heterocycles. The molecule has 29 heavy (non-hydrogen) atoms. The number of nitrogens with two attached hydrogens (primary N) is 1. The van der Waals surface area contributed by atoms with Crippen molar-refractivity contribution in [2.45, 2.75) is 18.7 Å². The van der Waals surface area contributed by atoms with E-state index in [9.17, 15) is 8.42 Å². The van der Waals surface area contributed by atoms with E-state index < -0.39 is 10.0 Å². The van der Waals surface area contributed by atoms with Crippen molar-refractivity contribution >= 4 is 10.0 Å². The molecule has 0 atom stereocenters. The Balaban J connectivity index is 1.74. The summed E-state index contributed by atoms with van der Waals surface area (Å²) >= 11 is 0. The number of nitrogens with zero attached hydrogens (tertiary/aromatic N) is 2. The van der Waals surface area contributed by atoms with Gasteiger partial charge >= 0.3 is 0 Å². The molecule has 0 spiro atoms. The van der Waals surface area contributed by atoms with Crippen molar-refractivity contribution < 1.29 is 8.42 Å². The molecule has 0 amide bonds. The third-order valence-corrected chi connectivity index (χ3v) is 5.70. The highest BCUT2D eigenvalue weighted by atomic mass is 32.2. The molecule has 2 aromatic carbocycles. The highest BCUT2D eigenvalue weighted by molar-refractivity contribution is 7.89. The van der Waals surface area contributed by atoms with Gasteiger partial charge < -0.3 is 0 Å². The summed E-state index contributed by atoms with van der Waals surface area (Å²) in [6, 6.07) is 18.5. The predicted octanol–water partition coefficient (Wildman–Crippen LogP) is 4.07. The van der Waals surface area contributed by atoms with Gasteiger partial charge in [-0.1, -0.05) is 36.4 Å². The zero-order chi connectivity index (χ0) is 20.6. The number of nitrogens with one attached hydrogen (secondary N) is 1. The SMILES string of the molecule is Cc1cc(-c2n[nH]c(C)c2-c2ccc(-c3cccc(S(N)(=O)=O)c3)cc2)ccn1. The molecule has 0 saturated carbocycles. The van der Waals surface area contributed by atoms with Crippen LogP contribution in [0.2, 0.25) is 0 Å². The van der Waals surface area contributed by atoms with E-state index in [0.717, 1.165) is 44.9 Å². The molecule has 2 aromatic heterocycles. The molecular formula is C22H20N4O2S. The summed E-state index contributed by atoms with van der Waals surface area (Å²) in [7, 11) is -3.74. The number of aryl methyl sites for hydroxylation is 2. The Labute approximate surface area is 169 Å². The lowest BCUT2D eigenvalue weighted by Crippen LogP contribution is -2.11. The highest BCUT2D eigenvalue weighted by Gasteiger charge is 2.15. The van der Waals surface area contributed by atoms with Crippen molar-refractivity contribution in [1.29, 1.82) is 0 Å². The van der Waals surface area contributed by atoms with E-state index in [4.69, 9.17) is 5.14 Å². The molecule has 4 aromatic rings. The number of H-pyrrole nitrogens is 1. The van der Waals surface area contributed by atoms with Crippen LogP contribution in [0, 0.1) is 13.8 Å². The molecular weight excluding hydrogens is 384 g/mol. The summed E-state index contributed by atoms with van der Waals surface area (Å²) in [5.41, 5.74) is 7.52. The zero-order valence-electron chi connectivity index (χ0n) is 16.0. The van der Waals surface area contributed by atoms with Gasteiger partial charge in [0.15, 0.2) is 0 Å². The van der Waals surface area contributed by atoms with Gasteiger partial charge in [0, 0.05) is 28.7 Å². The van der Waals surface area contributed by atoms with E-state index in [1.807, 2.05) is 56.3 Å². The molecule has 0 unspecified atom stereocenters. The topological polar surface area (TPSA) is 102 Å². The highest BCUT2D eigenvalue weighted by Crippen LogP contribution is 2.34. The number of sulfonamides is 1. The molecule has 146 valence electrons. The number of hydrogen-bond donors (Lipinski definition) is 2. The summed E-state index contributed by atoms with van der Waals surface area (Å²) in [4.78, 5) is 4.35. The third kappa shape index (κ3) is 3.83. The number of primary sulfonamides is 1. The van der Waals surface area contributed by atoms with Gasteiger partial charge in [-0.2, -0.15) is 5.10 Å². The first-order chi connectivity index (χ1) is 13.8. The van der Waals surface area contributed by atoms with E-state index in [1.54, 1.807) is 18.3 Å². The van der Waals surface area contributed by atoms with Gasteiger partial charge in [-0.25, -0.2) is 13.6 Å². The second kappa shape index (κ2) is 7.27. The van der Waals surface area contributed by atoms with Crippen LogP contribution in [0.5, 0.6) is 0 Å². The fourth-order valence-corrected chi connectivity index (χ4v) is 3.93. The van der Waals surface area contributed by atoms with Crippen LogP contribution >= 0.6 is 0 Å². The van der Waals surface area contributed by atoms with Crippen molar-refractivity contribution in [3.05, 3.63) is 78.2 Å². The first-order valence-electron chi connectivity index (χ1n) is 9.04. The predicted molar refractivity (Wildman–Crippen MR) is 114 cm³/mol. The average Bonchev–Trinajstić information content (AvgIpc) is 3.09. The van der Waals surface area contributed by atoms with Crippen LogP contribution in [-0.2, 0) is 10.0 Å². The molecule has 6 nitrogen and oxygen atoms in total. The quantitative estimate of drug-likeness (QED) is 0.535. The van der Waals surface area contributed by atoms with Crippen LogP contribution in [0.3, 0.4) is 0 Å². The molecule has 4 rings (SSSR count). The van der Waals surface area contributed by atoms with E-state index in [2.05, 4.69) is 15.2 Å². The fourth-order valence-electron chi connectivity index (χ4n) is 3.37. The number of aromatic amines is 1. The van der Waals surface area contributed by atoms with E-state index in [-0.39, 0.29) is 4.90 Å². The Hall–Kier alpha value is -3.29. The van der Waals surface area contributed by atoms with Crippen molar-refractivity contribution in [1.82, 2.24) is 15.2 Å². The van der Waals surface area contributed by atoms with Gasteiger partial charge in [-0.15, -0.1) is 0 Å². The summed E-state index contributed by atoms with van der Waals surface area (Å²) < 4.78 is 23.2. The van der Waals surface area contributed by atoms with Gasteiger partial charge in [-0.3, -0.25) is 10.1 Å². The fraction of sp³-hybridized carbons (Fsp3) is 0.0909. The maximum Gasteiger partial charge on any atom is 0.238 e. The van der Waals surface area contributed by atoms with E-state index >= 15 is 0 Å². The number of hydrogen-bond acceptors (Lipinski definition) is 4. The molecule has 0 fully saturated rings. The molecule has 0 radical (unpaired) electrons. The van der Waals surface area contributed by atoms with E-state index in [1.165, 1.54) is 6.07 Å². The van der Waals surface area contributed by atoms with Gasteiger partial charge in [-0.05, 0) is 54.8 Å². The molecule has 0 aliphatic rings. The number of rotatable bonds is 4. The zero-order valence-corrected chi connectivity index (χ0v) is 16.9. The maximum absolute atomic E-state index is 11.6. The lowest BCUT2D eigenvalue weighted by molar-refractivity contribution is 0.598.